The van der Waals surface area contributed by atoms with Crippen molar-refractivity contribution in [3.05, 3.63) is 87.7 Å². The Hall–Kier alpha value is -2.88. The summed E-state index contributed by atoms with van der Waals surface area (Å²) in [5, 5.41) is 0.0484. The third-order valence-electron chi connectivity index (χ3n) is 6.34. The van der Waals surface area contributed by atoms with Gasteiger partial charge in [-0.2, -0.15) is 0 Å². The van der Waals surface area contributed by atoms with Gasteiger partial charge in [-0.3, -0.25) is 0 Å². The summed E-state index contributed by atoms with van der Waals surface area (Å²) >= 11 is 6.48. The first kappa shape index (κ1) is 25.2. The van der Waals surface area contributed by atoms with Crippen molar-refractivity contribution in [2.75, 3.05) is 0 Å². The Balaban J connectivity index is 1.65. The maximum atomic E-state index is 15.7. The van der Waals surface area contributed by atoms with E-state index in [-0.39, 0.29) is 17.3 Å². The number of hydrogen-bond acceptors (Lipinski definition) is 3. The molecular weight excluding hydrogens is 479 g/mol. The highest BCUT2D eigenvalue weighted by Gasteiger charge is 2.41. The molecule has 0 unspecified atom stereocenters. The molecule has 4 rings (SSSR count). The number of esters is 1. The maximum Gasteiger partial charge on any atom is 0.356 e. The molecule has 0 atom stereocenters. The van der Waals surface area contributed by atoms with Gasteiger partial charge in [0.05, 0.1) is 16.6 Å². The average molecular weight is 509 g/mol. The third-order valence-corrected chi connectivity index (χ3v) is 7.58. The first-order valence-corrected chi connectivity index (χ1v) is 15.9. The molecule has 2 aromatic carbocycles. The molecule has 7 heteroatoms. The molecule has 1 saturated carbocycles. The monoisotopic (exact) mass is 508 g/mol. The van der Waals surface area contributed by atoms with Gasteiger partial charge in [-0.05, 0) is 24.5 Å². The topological polar surface area (TPSA) is 55.0 Å². The summed E-state index contributed by atoms with van der Waals surface area (Å²) in [5.74, 6) is 2.70. The Morgan fingerprint density at radius 1 is 1.14 bits per heavy atom. The van der Waals surface area contributed by atoms with Crippen LogP contribution in [0.2, 0.25) is 24.7 Å². The van der Waals surface area contributed by atoms with Crippen LogP contribution in [-0.4, -0.2) is 24.0 Å². The Labute approximate surface area is 212 Å². The van der Waals surface area contributed by atoms with Crippen molar-refractivity contribution >= 4 is 25.6 Å². The van der Waals surface area contributed by atoms with Gasteiger partial charge in [0.15, 0.2) is 0 Å². The van der Waals surface area contributed by atoms with Gasteiger partial charge in [-0.15, -0.1) is 5.54 Å². The molecule has 0 radical (unpaired) electrons. The lowest BCUT2D eigenvalue weighted by molar-refractivity contribution is 0.0466. The molecule has 35 heavy (non-hydrogen) atoms. The van der Waals surface area contributed by atoms with Crippen molar-refractivity contribution in [3.63, 3.8) is 0 Å². The second kappa shape index (κ2) is 10.4. The van der Waals surface area contributed by atoms with E-state index >= 15 is 4.39 Å². The molecule has 1 N–H and O–H groups in total. The number of aromatic amines is 1. The van der Waals surface area contributed by atoms with Crippen molar-refractivity contribution in [2.24, 2.45) is 0 Å². The Morgan fingerprint density at radius 2 is 1.86 bits per heavy atom. The van der Waals surface area contributed by atoms with Crippen LogP contribution in [0.1, 0.15) is 65.1 Å². The third kappa shape index (κ3) is 5.69. The minimum absolute atomic E-state index is 0.0484. The number of nitrogens with zero attached hydrogens (tertiary/aromatic N) is 1. The SMILES string of the molecule is C[Si](C)(C)C#Cc1ccc(C2(c3ncc(C(=O)OCc4ccccc4)[nH]3)CCCCC2)c(F)c1Cl. The van der Waals surface area contributed by atoms with Crippen LogP contribution in [-0.2, 0) is 16.8 Å². The van der Waals surface area contributed by atoms with Gasteiger partial charge in [0, 0.05) is 11.1 Å². The molecule has 1 aliphatic rings. The van der Waals surface area contributed by atoms with Gasteiger partial charge in [-0.25, -0.2) is 14.2 Å². The van der Waals surface area contributed by atoms with E-state index in [1.807, 2.05) is 36.4 Å². The normalized spacial score (nSPS) is 15.2. The van der Waals surface area contributed by atoms with Crippen LogP contribution in [0, 0.1) is 17.3 Å². The average Bonchev–Trinajstić information content (AvgIpc) is 3.35. The zero-order chi connectivity index (χ0) is 25.1. The molecule has 0 spiro atoms. The van der Waals surface area contributed by atoms with Crippen molar-refractivity contribution in [2.45, 2.75) is 63.8 Å². The Kier molecular flexibility index (Phi) is 7.49. The summed E-state index contributed by atoms with van der Waals surface area (Å²) in [6.07, 6.45) is 5.85. The predicted molar refractivity (Wildman–Crippen MR) is 140 cm³/mol. The number of aromatic nitrogens is 2. The van der Waals surface area contributed by atoms with E-state index < -0.39 is 25.3 Å². The molecule has 182 valence electrons. The fraction of sp³-hybridized carbons (Fsp3) is 0.357. The van der Waals surface area contributed by atoms with Crippen LogP contribution >= 0.6 is 11.6 Å². The van der Waals surface area contributed by atoms with E-state index in [1.54, 1.807) is 6.07 Å². The molecule has 4 nitrogen and oxygen atoms in total. The summed E-state index contributed by atoms with van der Waals surface area (Å²) in [6, 6.07) is 13.1. The molecule has 3 aromatic rings. The standard InChI is InChI=1S/C28H30ClFN2O2Si/c1-35(2,3)17-14-21-12-13-22(25(30)24(21)29)28(15-8-5-9-16-28)27-31-18-23(32-27)26(33)34-19-20-10-6-4-7-11-20/h4,6-7,10-13,18H,5,8-9,15-16,19H2,1-3H3,(H,31,32). The molecule has 1 aromatic heterocycles. The molecule has 0 amide bonds. The quantitative estimate of drug-likeness (QED) is 0.228. The van der Waals surface area contributed by atoms with Gasteiger partial charge in [0.25, 0.3) is 0 Å². The largest absolute Gasteiger partial charge is 0.456 e. The predicted octanol–water partition coefficient (Wildman–Crippen LogP) is 7.04. The minimum atomic E-state index is -1.63. The zero-order valence-corrected chi connectivity index (χ0v) is 22.1. The van der Waals surface area contributed by atoms with E-state index in [4.69, 9.17) is 16.3 Å². The summed E-state index contributed by atoms with van der Waals surface area (Å²) in [4.78, 5) is 20.4. The summed E-state index contributed by atoms with van der Waals surface area (Å²) in [7, 11) is -1.63. The van der Waals surface area contributed by atoms with Crippen molar-refractivity contribution in [1.29, 1.82) is 0 Å². The van der Waals surface area contributed by atoms with Crippen LogP contribution in [0.4, 0.5) is 4.39 Å². The number of nitrogens with one attached hydrogen (secondary N) is 1. The van der Waals surface area contributed by atoms with Crippen LogP contribution in [0.5, 0.6) is 0 Å². The number of imidazole rings is 1. The van der Waals surface area contributed by atoms with Gasteiger partial charge in [0.2, 0.25) is 0 Å². The second-order valence-electron chi connectivity index (χ2n) is 10.1. The number of halogens is 2. The van der Waals surface area contributed by atoms with Crippen molar-refractivity contribution in [1.82, 2.24) is 9.97 Å². The minimum Gasteiger partial charge on any atom is -0.456 e. The van der Waals surface area contributed by atoms with E-state index in [0.29, 0.717) is 29.8 Å². The lowest BCUT2D eigenvalue weighted by Crippen LogP contribution is -2.33. The lowest BCUT2D eigenvalue weighted by atomic mass is 9.68. The Morgan fingerprint density at radius 3 is 2.54 bits per heavy atom. The first-order chi connectivity index (χ1) is 16.7. The van der Waals surface area contributed by atoms with E-state index in [2.05, 4.69) is 41.1 Å². The summed E-state index contributed by atoms with van der Waals surface area (Å²) in [5.41, 5.74) is 4.73. The zero-order valence-electron chi connectivity index (χ0n) is 20.4. The fourth-order valence-corrected chi connectivity index (χ4v) is 5.25. The molecule has 1 heterocycles. The highest BCUT2D eigenvalue weighted by Crippen LogP contribution is 2.46. The number of benzene rings is 2. The Bertz CT molecular complexity index is 1270. The molecule has 0 aliphatic heterocycles. The van der Waals surface area contributed by atoms with Crippen molar-refractivity contribution < 1.29 is 13.9 Å². The van der Waals surface area contributed by atoms with Gasteiger partial charge in [-0.1, -0.05) is 92.8 Å². The maximum absolute atomic E-state index is 15.7. The van der Waals surface area contributed by atoms with Crippen LogP contribution in [0.25, 0.3) is 0 Å². The molecule has 1 fully saturated rings. The van der Waals surface area contributed by atoms with Gasteiger partial charge >= 0.3 is 5.97 Å². The lowest BCUT2D eigenvalue weighted by Gasteiger charge is -2.36. The molecule has 1 aliphatic carbocycles. The molecule has 0 saturated heterocycles. The highest BCUT2D eigenvalue weighted by atomic mass is 35.5. The number of ether oxygens (including phenoxy) is 1. The second-order valence-corrected chi connectivity index (χ2v) is 15.3. The molecule has 0 bridgehead atoms. The van der Waals surface area contributed by atoms with Crippen LogP contribution in [0.3, 0.4) is 0 Å². The first-order valence-electron chi connectivity index (χ1n) is 12.0. The fourth-order valence-electron chi connectivity index (χ4n) is 4.53. The summed E-state index contributed by atoms with van der Waals surface area (Å²) in [6.45, 7) is 6.57. The number of H-pyrrole nitrogens is 1. The van der Waals surface area contributed by atoms with Crippen LogP contribution < -0.4 is 0 Å². The van der Waals surface area contributed by atoms with Gasteiger partial charge < -0.3 is 9.72 Å². The number of carbonyl (C=O) groups excluding carboxylic acids is 1. The van der Waals surface area contributed by atoms with E-state index in [9.17, 15) is 4.79 Å². The highest BCUT2D eigenvalue weighted by molar-refractivity contribution is 6.83. The van der Waals surface area contributed by atoms with Gasteiger partial charge in [0.1, 0.15) is 32.0 Å². The smallest absolute Gasteiger partial charge is 0.356 e. The van der Waals surface area contributed by atoms with E-state index in [0.717, 1.165) is 24.8 Å². The van der Waals surface area contributed by atoms with E-state index in [1.165, 1.54) is 6.20 Å². The number of hydrogen-bond donors (Lipinski definition) is 1. The summed E-state index contributed by atoms with van der Waals surface area (Å²) < 4.78 is 21.2. The van der Waals surface area contributed by atoms with Crippen LogP contribution in [0.15, 0.2) is 48.7 Å². The molecular formula is C28H30ClFN2O2Si. The number of rotatable bonds is 5. The number of carbonyl (C=O) groups is 1. The van der Waals surface area contributed by atoms with Crippen molar-refractivity contribution in [3.8, 4) is 11.5 Å².